The fraction of sp³-hybridized carbons (Fsp3) is 0.450. The molecular formula is C20H24N4O2. The number of carbonyl (C=O) groups excluding carboxylic acids is 2. The molecule has 4 rings (SSSR count). The number of carbonyl (C=O) groups is 2. The summed E-state index contributed by atoms with van der Waals surface area (Å²) in [6, 6.07) is 6.12. The molecule has 1 aromatic heterocycles. The van der Waals surface area contributed by atoms with Crippen molar-refractivity contribution in [2.75, 3.05) is 18.0 Å². The first-order chi connectivity index (χ1) is 12.6. The maximum absolute atomic E-state index is 13.0. The zero-order chi connectivity index (χ0) is 18.3. The van der Waals surface area contributed by atoms with E-state index in [4.69, 9.17) is 0 Å². The number of anilines is 1. The Hall–Kier alpha value is -2.63. The molecule has 2 aliphatic heterocycles. The quantitative estimate of drug-likeness (QED) is 0.850. The van der Waals surface area contributed by atoms with Crippen molar-refractivity contribution in [2.24, 2.45) is 5.92 Å². The van der Waals surface area contributed by atoms with Crippen LogP contribution in [0.5, 0.6) is 0 Å². The molecule has 26 heavy (non-hydrogen) atoms. The predicted molar refractivity (Wildman–Crippen MR) is 98.7 cm³/mol. The van der Waals surface area contributed by atoms with Gasteiger partial charge in [-0.25, -0.2) is 4.98 Å². The van der Waals surface area contributed by atoms with Gasteiger partial charge in [-0.2, -0.15) is 0 Å². The summed E-state index contributed by atoms with van der Waals surface area (Å²) in [6.45, 7) is 6.63. The van der Waals surface area contributed by atoms with E-state index in [1.165, 1.54) is 0 Å². The minimum Gasteiger partial charge on any atom is -0.335 e. The van der Waals surface area contributed by atoms with E-state index in [9.17, 15) is 9.59 Å². The molecule has 0 aliphatic carbocycles. The van der Waals surface area contributed by atoms with Crippen LogP contribution in [0, 0.1) is 12.8 Å². The van der Waals surface area contributed by atoms with Gasteiger partial charge in [-0.1, -0.05) is 25.1 Å². The second-order valence-electron chi connectivity index (χ2n) is 7.18. The van der Waals surface area contributed by atoms with Crippen LogP contribution in [-0.2, 0) is 29.1 Å². The normalized spacial score (nSPS) is 19.8. The van der Waals surface area contributed by atoms with E-state index >= 15 is 0 Å². The van der Waals surface area contributed by atoms with E-state index in [-0.39, 0.29) is 17.7 Å². The third-order valence-corrected chi connectivity index (χ3v) is 5.52. The minimum atomic E-state index is -0.263. The molecule has 0 radical (unpaired) electrons. The van der Waals surface area contributed by atoms with Crippen molar-refractivity contribution in [2.45, 2.75) is 39.8 Å². The molecule has 1 saturated heterocycles. The second-order valence-corrected chi connectivity index (χ2v) is 7.18. The molecule has 0 unspecified atom stereocenters. The van der Waals surface area contributed by atoms with Gasteiger partial charge < -0.3 is 14.4 Å². The Kier molecular flexibility index (Phi) is 4.26. The van der Waals surface area contributed by atoms with Crippen LogP contribution >= 0.6 is 0 Å². The van der Waals surface area contributed by atoms with Crippen molar-refractivity contribution in [1.29, 1.82) is 0 Å². The first-order valence-corrected chi connectivity index (χ1v) is 9.25. The highest BCUT2D eigenvalue weighted by Gasteiger charge is 2.38. The zero-order valence-corrected chi connectivity index (χ0v) is 15.3. The number of imidazole rings is 1. The monoisotopic (exact) mass is 352 g/mol. The maximum atomic E-state index is 13.0. The lowest BCUT2D eigenvalue weighted by Crippen LogP contribution is -2.42. The third-order valence-electron chi connectivity index (χ3n) is 5.52. The standard InChI is InChI=1S/C20H24N4O2/c1-3-15-6-4-5-14(2)19(15)24-11-16(9-18(24)25)20(26)22-7-8-23-13-21-10-17(23)12-22/h4-6,10,13,16H,3,7-9,11-12H2,1-2H3/t16-/m0/s1. The van der Waals surface area contributed by atoms with Gasteiger partial charge in [0.25, 0.3) is 0 Å². The Morgan fingerprint density at radius 3 is 2.96 bits per heavy atom. The van der Waals surface area contributed by atoms with Crippen molar-refractivity contribution >= 4 is 17.5 Å². The molecule has 0 saturated carbocycles. The summed E-state index contributed by atoms with van der Waals surface area (Å²) in [4.78, 5) is 33.5. The van der Waals surface area contributed by atoms with Crippen LogP contribution < -0.4 is 4.90 Å². The van der Waals surface area contributed by atoms with Crippen LogP contribution in [0.15, 0.2) is 30.7 Å². The molecule has 2 aliphatic rings. The lowest BCUT2D eigenvalue weighted by atomic mass is 10.0. The molecule has 1 aromatic carbocycles. The van der Waals surface area contributed by atoms with Gasteiger partial charge in [0.05, 0.1) is 24.5 Å². The zero-order valence-electron chi connectivity index (χ0n) is 15.3. The number of amides is 2. The fourth-order valence-electron chi connectivity index (χ4n) is 4.11. The van der Waals surface area contributed by atoms with Crippen LogP contribution in [0.4, 0.5) is 5.69 Å². The average Bonchev–Trinajstić information content (AvgIpc) is 3.26. The topological polar surface area (TPSA) is 58.4 Å². The van der Waals surface area contributed by atoms with Crippen LogP contribution in [0.3, 0.4) is 0 Å². The number of hydrogen-bond donors (Lipinski definition) is 0. The first kappa shape index (κ1) is 16.8. The Labute approximate surface area is 153 Å². The summed E-state index contributed by atoms with van der Waals surface area (Å²) < 4.78 is 2.08. The van der Waals surface area contributed by atoms with Crippen LogP contribution in [0.1, 0.15) is 30.2 Å². The summed E-state index contributed by atoms with van der Waals surface area (Å²) >= 11 is 0. The molecule has 0 bridgehead atoms. The Morgan fingerprint density at radius 2 is 2.15 bits per heavy atom. The van der Waals surface area contributed by atoms with E-state index in [1.807, 2.05) is 41.4 Å². The SMILES string of the molecule is CCc1cccc(C)c1N1C[C@@H](C(=O)N2CCn3cncc3C2)CC1=O. The molecule has 136 valence electrons. The predicted octanol–water partition coefficient (Wildman–Crippen LogP) is 2.15. The van der Waals surface area contributed by atoms with Gasteiger partial charge in [0.15, 0.2) is 0 Å². The first-order valence-electron chi connectivity index (χ1n) is 9.25. The number of para-hydroxylation sites is 1. The fourth-order valence-corrected chi connectivity index (χ4v) is 4.11. The van der Waals surface area contributed by atoms with Crippen molar-refractivity contribution in [1.82, 2.24) is 14.5 Å². The highest BCUT2D eigenvalue weighted by atomic mass is 16.2. The van der Waals surface area contributed by atoms with E-state index in [0.29, 0.717) is 26.1 Å². The maximum Gasteiger partial charge on any atom is 0.228 e. The molecule has 1 atom stereocenters. The minimum absolute atomic E-state index is 0.0504. The van der Waals surface area contributed by atoms with Crippen molar-refractivity contribution in [3.63, 3.8) is 0 Å². The van der Waals surface area contributed by atoms with E-state index in [1.54, 1.807) is 0 Å². The lowest BCUT2D eigenvalue weighted by Gasteiger charge is -2.30. The van der Waals surface area contributed by atoms with Gasteiger partial charge in [-0.15, -0.1) is 0 Å². The smallest absolute Gasteiger partial charge is 0.228 e. The van der Waals surface area contributed by atoms with Gasteiger partial charge in [-0.05, 0) is 24.5 Å². The molecule has 2 amide bonds. The summed E-state index contributed by atoms with van der Waals surface area (Å²) in [5.41, 5.74) is 4.30. The highest BCUT2D eigenvalue weighted by Crippen LogP contribution is 2.32. The van der Waals surface area contributed by atoms with Gasteiger partial charge >= 0.3 is 0 Å². The van der Waals surface area contributed by atoms with Gasteiger partial charge in [0.1, 0.15) is 0 Å². The van der Waals surface area contributed by atoms with Gasteiger partial charge in [0.2, 0.25) is 11.8 Å². The van der Waals surface area contributed by atoms with E-state index in [2.05, 4.69) is 22.5 Å². The Balaban J connectivity index is 1.53. The summed E-state index contributed by atoms with van der Waals surface area (Å²) in [5.74, 6) is -0.129. The highest BCUT2D eigenvalue weighted by molar-refractivity contribution is 6.01. The van der Waals surface area contributed by atoms with Crippen LogP contribution in [0.2, 0.25) is 0 Å². The van der Waals surface area contributed by atoms with Gasteiger partial charge in [0, 0.05) is 37.9 Å². The molecule has 6 nitrogen and oxygen atoms in total. The molecule has 1 fully saturated rings. The molecule has 3 heterocycles. The second kappa shape index (κ2) is 6.59. The third kappa shape index (κ3) is 2.79. The largest absolute Gasteiger partial charge is 0.335 e. The number of fused-ring (bicyclic) bond motifs is 1. The Bertz CT molecular complexity index is 857. The van der Waals surface area contributed by atoms with Crippen molar-refractivity contribution in [3.8, 4) is 0 Å². The van der Waals surface area contributed by atoms with Crippen molar-refractivity contribution in [3.05, 3.63) is 47.5 Å². The summed E-state index contributed by atoms with van der Waals surface area (Å²) in [7, 11) is 0. The number of aromatic nitrogens is 2. The van der Waals surface area contributed by atoms with E-state index in [0.717, 1.165) is 35.5 Å². The molecule has 0 spiro atoms. The number of benzene rings is 1. The summed E-state index contributed by atoms with van der Waals surface area (Å²) in [5, 5.41) is 0. The van der Waals surface area contributed by atoms with E-state index < -0.39 is 0 Å². The molecular weight excluding hydrogens is 328 g/mol. The molecule has 2 aromatic rings. The molecule has 0 N–H and O–H groups in total. The van der Waals surface area contributed by atoms with Crippen molar-refractivity contribution < 1.29 is 9.59 Å². The Morgan fingerprint density at radius 1 is 1.31 bits per heavy atom. The number of hydrogen-bond acceptors (Lipinski definition) is 3. The summed E-state index contributed by atoms with van der Waals surface area (Å²) in [6.07, 6.45) is 4.79. The molecule has 6 heteroatoms. The van der Waals surface area contributed by atoms with Gasteiger partial charge in [-0.3, -0.25) is 9.59 Å². The number of rotatable bonds is 3. The van der Waals surface area contributed by atoms with Crippen LogP contribution in [0.25, 0.3) is 0 Å². The average molecular weight is 352 g/mol. The number of aryl methyl sites for hydroxylation is 2. The number of nitrogens with zero attached hydrogens (tertiary/aromatic N) is 4. The lowest BCUT2D eigenvalue weighted by molar-refractivity contribution is -0.137. The van der Waals surface area contributed by atoms with Crippen LogP contribution in [-0.4, -0.2) is 39.4 Å².